The summed E-state index contributed by atoms with van der Waals surface area (Å²) in [6.07, 6.45) is 2.72. The van der Waals surface area contributed by atoms with Crippen molar-refractivity contribution >= 4 is 39.7 Å². The number of hydrogen-bond acceptors (Lipinski definition) is 6. The molecule has 3 aromatic rings. The van der Waals surface area contributed by atoms with Gasteiger partial charge in [0.1, 0.15) is 0 Å². The Morgan fingerprint density at radius 2 is 2.00 bits per heavy atom. The average molecular weight is 466 g/mol. The fourth-order valence-corrected chi connectivity index (χ4v) is 4.34. The number of aryl methyl sites for hydroxylation is 1. The van der Waals surface area contributed by atoms with E-state index in [4.69, 9.17) is 28.0 Å². The van der Waals surface area contributed by atoms with E-state index in [0.29, 0.717) is 24.7 Å². The van der Waals surface area contributed by atoms with Gasteiger partial charge in [-0.25, -0.2) is 4.85 Å². The molecule has 1 aliphatic heterocycles. The summed E-state index contributed by atoms with van der Waals surface area (Å²) in [5, 5.41) is 24.1. The number of nitrogens with zero attached hydrogens (tertiary/aromatic N) is 4. The van der Waals surface area contributed by atoms with Crippen molar-refractivity contribution in [3.63, 3.8) is 0 Å². The molecule has 2 aromatic carbocycles. The highest BCUT2D eigenvalue weighted by Crippen LogP contribution is 2.33. The van der Waals surface area contributed by atoms with Crippen molar-refractivity contribution in [2.75, 3.05) is 43.1 Å². The Labute approximate surface area is 199 Å². The van der Waals surface area contributed by atoms with Crippen LogP contribution in [0.15, 0.2) is 36.4 Å². The number of ether oxygens (including phenoxy) is 1. The van der Waals surface area contributed by atoms with E-state index in [9.17, 15) is 0 Å². The number of benzene rings is 2. The van der Waals surface area contributed by atoms with E-state index in [0.717, 1.165) is 65.1 Å². The van der Waals surface area contributed by atoms with Crippen LogP contribution in [0, 0.1) is 13.5 Å². The molecule has 33 heavy (non-hydrogen) atoms. The Morgan fingerprint density at radius 3 is 2.73 bits per heavy atom. The Morgan fingerprint density at radius 1 is 1.18 bits per heavy atom. The monoisotopic (exact) mass is 465 g/mol. The summed E-state index contributed by atoms with van der Waals surface area (Å²) in [6, 6.07) is 11.8. The number of piperidine rings is 1. The molecule has 0 unspecified atom stereocenters. The predicted octanol–water partition coefficient (Wildman–Crippen LogP) is 4.77. The zero-order valence-electron chi connectivity index (χ0n) is 18.7. The molecule has 1 aromatic heterocycles. The SMILES string of the molecule is [C-]#[N+]c1ccc2c(N3CCC(OCCO)CC3)nnc(NCCc3ccc(C)c(Cl)c3)c2c1. The van der Waals surface area contributed by atoms with Crippen molar-refractivity contribution in [1.82, 2.24) is 10.2 Å². The van der Waals surface area contributed by atoms with E-state index in [1.54, 1.807) is 0 Å². The van der Waals surface area contributed by atoms with Crippen molar-refractivity contribution in [2.24, 2.45) is 0 Å². The molecule has 1 aliphatic rings. The number of rotatable bonds is 8. The summed E-state index contributed by atoms with van der Waals surface area (Å²) in [5.41, 5.74) is 2.79. The first-order valence-corrected chi connectivity index (χ1v) is 11.6. The molecule has 0 aliphatic carbocycles. The van der Waals surface area contributed by atoms with Crippen LogP contribution in [-0.2, 0) is 11.2 Å². The molecule has 2 heterocycles. The molecule has 1 saturated heterocycles. The molecule has 0 spiro atoms. The van der Waals surface area contributed by atoms with E-state index in [1.807, 2.05) is 37.3 Å². The predicted molar refractivity (Wildman–Crippen MR) is 132 cm³/mol. The molecule has 1 fully saturated rings. The topological polar surface area (TPSA) is 74.9 Å². The van der Waals surface area contributed by atoms with Crippen LogP contribution in [0.2, 0.25) is 5.02 Å². The third-order valence-corrected chi connectivity index (χ3v) is 6.41. The second-order valence-corrected chi connectivity index (χ2v) is 8.66. The maximum Gasteiger partial charge on any atom is 0.188 e. The number of aliphatic hydroxyl groups is 1. The minimum atomic E-state index is 0.0468. The highest BCUT2D eigenvalue weighted by atomic mass is 35.5. The van der Waals surface area contributed by atoms with Crippen LogP contribution in [0.1, 0.15) is 24.0 Å². The van der Waals surface area contributed by atoms with Crippen LogP contribution >= 0.6 is 11.6 Å². The summed E-state index contributed by atoms with van der Waals surface area (Å²) in [4.78, 5) is 5.82. The smallest absolute Gasteiger partial charge is 0.188 e. The largest absolute Gasteiger partial charge is 0.394 e. The molecule has 0 saturated carbocycles. The summed E-state index contributed by atoms with van der Waals surface area (Å²) < 4.78 is 5.68. The Bertz CT molecular complexity index is 1160. The number of hydrogen-bond donors (Lipinski definition) is 2. The third kappa shape index (κ3) is 5.53. The second kappa shape index (κ2) is 10.8. The molecule has 0 bridgehead atoms. The van der Waals surface area contributed by atoms with Gasteiger partial charge in [0.15, 0.2) is 17.3 Å². The van der Waals surface area contributed by atoms with Gasteiger partial charge in [0.2, 0.25) is 0 Å². The zero-order valence-corrected chi connectivity index (χ0v) is 19.5. The lowest BCUT2D eigenvalue weighted by molar-refractivity contribution is 0.0158. The van der Waals surface area contributed by atoms with Gasteiger partial charge in [-0.15, -0.1) is 10.2 Å². The summed E-state index contributed by atoms with van der Waals surface area (Å²) in [7, 11) is 0. The van der Waals surface area contributed by atoms with Gasteiger partial charge in [-0.1, -0.05) is 35.9 Å². The van der Waals surface area contributed by atoms with E-state index in [1.165, 1.54) is 0 Å². The van der Waals surface area contributed by atoms with Crippen LogP contribution in [0.25, 0.3) is 15.6 Å². The van der Waals surface area contributed by atoms with Crippen LogP contribution in [0.5, 0.6) is 0 Å². The standard InChI is InChI=1S/C25H28ClN5O2/c1-17-3-4-18(15-23(17)26)7-10-28-24-22-16-19(27-2)5-6-21(22)25(30-29-24)31-11-8-20(9-12-31)33-14-13-32/h3-6,15-16,20,32H,7-14H2,1H3,(H,28,29). The molecule has 8 heteroatoms. The van der Waals surface area contributed by atoms with E-state index < -0.39 is 0 Å². The second-order valence-electron chi connectivity index (χ2n) is 8.26. The zero-order chi connectivity index (χ0) is 23.2. The first kappa shape index (κ1) is 23.2. The van der Waals surface area contributed by atoms with Crippen molar-refractivity contribution in [2.45, 2.75) is 32.3 Å². The molecule has 0 radical (unpaired) electrons. The molecule has 0 amide bonds. The molecule has 7 nitrogen and oxygen atoms in total. The number of anilines is 2. The van der Waals surface area contributed by atoms with Gasteiger partial charge in [0, 0.05) is 35.4 Å². The lowest BCUT2D eigenvalue weighted by Gasteiger charge is -2.33. The lowest BCUT2D eigenvalue weighted by atomic mass is 10.1. The van der Waals surface area contributed by atoms with Crippen LogP contribution in [0.4, 0.5) is 17.3 Å². The third-order valence-electron chi connectivity index (χ3n) is 6.00. The van der Waals surface area contributed by atoms with Gasteiger partial charge in [-0.05, 0) is 49.4 Å². The molecular formula is C25H28ClN5O2. The van der Waals surface area contributed by atoms with Crippen molar-refractivity contribution < 1.29 is 9.84 Å². The number of nitrogens with one attached hydrogen (secondary N) is 1. The number of aromatic nitrogens is 2. The van der Waals surface area contributed by atoms with Crippen molar-refractivity contribution in [1.29, 1.82) is 0 Å². The normalized spacial score (nSPS) is 14.4. The molecule has 0 atom stereocenters. The molecule has 2 N–H and O–H groups in total. The van der Waals surface area contributed by atoms with Gasteiger partial charge < -0.3 is 20.1 Å². The van der Waals surface area contributed by atoms with Gasteiger partial charge >= 0.3 is 0 Å². The first-order chi connectivity index (χ1) is 16.1. The highest BCUT2D eigenvalue weighted by Gasteiger charge is 2.23. The number of fused-ring (bicyclic) bond motifs is 1. The van der Waals surface area contributed by atoms with Crippen LogP contribution in [0.3, 0.4) is 0 Å². The number of aliphatic hydroxyl groups excluding tert-OH is 1. The molecule has 172 valence electrons. The fourth-order valence-electron chi connectivity index (χ4n) is 4.13. The van der Waals surface area contributed by atoms with Crippen LogP contribution in [-0.4, -0.2) is 54.3 Å². The van der Waals surface area contributed by atoms with Gasteiger partial charge in [0.05, 0.1) is 25.9 Å². The van der Waals surface area contributed by atoms with Crippen molar-refractivity contribution in [3.8, 4) is 0 Å². The summed E-state index contributed by atoms with van der Waals surface area (Å²) in [6.45, 7) is 12.1. The maximum absolute atomic E-state index is 8.98. The minimum Gasteiger partial charge on any atom is -0.394 e. The van der Waals surface area contributed by atoms with Gasteiger partial charge in [-0.3, -0.25) is 0 Å². The lowest BCUT2D eigenvalue weighted by Crippen LogP contribution is -2.38. The van der Waals surface area contributed by atoms with E-state index in [2.05, 4.69) is 31.3 Å². The quantitative estimate of drug-likeness (QED) is 0.466. The summed E-state index contributed by atoms with van der Waals surface area (Å²) >= 11 is 6.25. The minimum absolute atomic E-state index is 0.0468. The Balaban J connectivity index is 1.52. The Kier molecular flexibility index (Phi) is 7.61. The maximum atomic E-state index is 8.98. The van der Waals surface area contributed by atoms with Crippen LogP contribution < -0.4 is 10.2 Å². The highest BCUT2D eigenvalue weighted by molar-refractivity contribution is 6.31. The fraction of sp³-hybridized carbons (Fsp3) is 0.400. The van der Waals surface area contributed by atoms with Gasteiger partial charge in [0.25, 0.3) is 0 Å². The Hall–Kier alpha value is -2.92. The van der Waals surface area contributed by atoms with Gasteiger partial charge in [-0.2, -0.15) is 0 Å². The first-order valence-electron chi connectivity index (χ1n) is 11.2. The van der Waals surface area contributed by atoms with Crippen molar-refractivity contribution in [3.05, 3.63) is 64.0 Å². The van der Waals surface area contributed by atoms with E-state index >= 15 is 0 Å². The number of halogens is 1. The molecular weight excluding hydrogens is 438 g/mol. The van der Waals surface area contributed by atoms with E-state index in [-0.39, 0.29) is 12.7 Å². The average Bonchev–Trinajstić information content (AvgIpc) is 2.85. The molecule has 4 rings (SSSR count). The summed E-state index contributed by atoms with van der Waals surface area (Å²) in [5.74, 6) is 1.51.